The average molecular weight is 464 g/mol. The Morgan fingerprint density at radius 3 is 2.31 bits per heavy atom. The number of amides is 2. The van der Waals surface area contributed by atoms with Gasteiger partial charge in [-0.05, 0) is 36.8 Å². The molecule has 2 amide bonds. The quantitative estimate of drug-likeness (QED) is 0.306. The van der Waals surface area contributed by atoms with Gasteiger partial charge in [0, 0.05) is 27.8 Å². The smallest absolute Gasteiger partial charge is 0.275 e. The van der Waals surface area contributed by atoms with Crippen LogP contribution >= 0.6 is 23.7 Å². The van der Waals surface area contributed by atoms with Crippen molar-refractivity contribution in [1.29, 1.82) is 0 Å². The largest absolute Gasteiger partial charge is 0.399 e. The molecule has 0 fully saturated rings. The van der Waals surface area contributed by atoms with E-state index in [9.17, 15) is 9.59 Å². The van der Waals surface area contributed by atoms with E-state index in [4.69, 9.17) is 15.7 Å². The number of anilines is 2. The molecule has 0 bridgehead atoms. The molecule has 9 heteroatoms. The predicted octanol–water partition coefficient (Wildman–Crippen LogP) is 4.37. The van der Waals surface area contributed by atoms with Gasteiger partial charge >= 0.3 is 0 Å². The van der Waals surface area contributed by atoms with E-state index in [1.54, 1.807) is 19.1 Å². The number of nitrogens with one attached hydrogen (secondary N) is 2. The van der Waals surface area contributed by atoms with Crippen molar-refractivity contribution in [3.8, 4) is 22.5 Å². The number of fused-ring (bicyclic) bond motifs is 1. The van der Waals surface area contributed by atoms with Gasteiger partial charge in [0.2, 0.25) is 0 Å². The molecule has 1 aliphatic heterocycles. The molecule has 7 nitrogen and oxygen atoms in total. The molecule has 1 aliphatic rings. The highest BCUT2D eigenvalue weighted by Gasteiger charge is 2.28. The molecule has 4 N–H and O–H groups in total. The summed E-state index contributed by atoms with van der Waals surface area (Å²) in [5.74, 6) is 0.0838. The van der Waals surface area contributed by atoms with Gasteiger partial charge < -0.3 is 11.1 Å². The molecule has 32 heavy (non-hydrogen) atoms. The number of hydrogen-bond donors (Lipinski definition) is 3. The minimum atomic E-state index is -0.472. The van der Waals surface area contributed by atoms with Crippen LogP contribution in [0, 0.1) is 0 Å². The molecule has 160 valence electrons. The second-order valence-corrected chi connectivity index (χ2v) is 7.98. The van der Waals surface area contributed by atoms with Gasteiger partial charge in [-0.25, -0.2) is 9.97 Å². The maximum atomic E-state index is 12.3. The Morgan fingerprint density at radius 1 is 0.938 bits per heavy atom. The molecule has 0 radical (unpaired) electrons. The maximum Gasteiger partial charge on any atom is 0.275 e. The monoisotopic (exact) mass is 463 g/mol. The number of carbonyl (C=O) groups is 2. The first-order valence-electron chi connectivity index (χ1n) is 9.55. The minimum absolute atomic E-state index is 0. The SMILES string of the molecule is CC1=C(Nc2nc(-c3ccc(N)cc3)nc3scc(-c4ccccc4)c23)C(=O)NC1=O.Cl. The number of rotatable bonds is 4. The van der Waals surface area contributed by atoms with Crippen LogP contribution in [0.5, 0.6) is 0 Å². The first-order chi connectivity index (χ1) is 15.0. The van der Waals surface area contributed by atoms with Crippen LogP contribution in [-0.2, 0) is 9.59 Å². The second kappa shape index (κ2) is 8.41. The molecule has 2 aromatic heterocycles. The third-order valence-electron chi connectivity index (χ3n) is 5.10. The van der Waals surface area contributed by atoms with E-state index in [1.165, 1.54) is 11.3 Å². The topological polar surface area (TPSA) is 110 Å². The van der Waals surface area contributed by atoms with E-state index in [1.807, 2.05) is 47.8 Å². The number of imide groups is 1. The summed E-state index contributed by atoms with van der Waals surface area (Å²) in [6, 6.07) is 17.2. The summed E-state index contributed by atoms with van der Waals surface area (Å²) < 4.78 is 0. The number of halogens is 1. The molecule has 4 aromatic rings. The summed E-state index contributed by atoms with van der Waals surface area (Å²) in [6.45, 7) is 1.60. The van der Waals surface area contributed by atoms with Gasteiger partial charge in [0.05, 0.1) is 5.39 Å². The molecule has 0 spiro atoms. The van der Waals surface area contributed by atoms with Gasteiger partial charge in [-0.3, -0.25) is 14.9 Å². The lowest BCUT2D eigenvalue weighted by atomic mass is 10.1. The molecule has 0 saturated heterocycles. The van der Waals surface area contributed by atoms with Crippen molar-refractivity contribution in [3.63, 3.8) is 0 Å². The molecule has 0 aliphatic carbocycles. The highest BCUT2D eigenvalue weighted by atomic mass is 35.5. The standard InChI is InChI=1S/C23H17N5O2S.ClH/c1-12-18(22(30)28-21(12)29)25-20-17-16(13-5-3-2-4-6-13)11-31-23(17)27-19(26-20)14-7-9-15(24)10-8-14;/h2-11H,24H2,1H3,(H2,25,26,27,28,29,30);1H. The van der Waals surface area contributed by atoms with E-state index < -0.39 is 11.8 Å². The highest BCUT2D eigenvalue weighted by Crippen LogP contribution is 2.39. The van der Waals surface area contributed by atoms with Gasteiger partial charge in [-0.15, -0.1) is 23.7 Å². The van der Waals surface area contributed by atoms with Crippen molar-refractivity contribution in [3.05, 3.63) is 71.2 Å². The number of thiophene rings is 1. The van der Waals surface area contributed by atoms with Gasteiger partial charge in [-0.2, -0.15) is 0 Å². The van der Waals surface area contributed by atoms with Gasteiger partial charge in [-0.1, -0.05) is 30.3 Å². The summed E-state index contributed by atoms with van der Waals surface area (Å²) in [6.07, 6.45) is 0. The van der Waals surface area contributed by atoms with Crippen LogP contribution in [0.4, 0.5) is 11.5 Å². The van der Waals surface area contributed by atoms with Crippen LogP contribution in [0.3, 0.4) is 0 Å². The maximum absolute atomic E-state index is 12.3. The number of benzene rings is 2. The summed E-state index contributed by atoms with van der Waals surface area (Å²) in [5.41, 5.74) is 9.74. The van der Waals surface area contributed by atoms with Crippen LogP contribution in [0.2, 0.25) is 0 Å². The van der Waals surface area contributed by atoms with E-state index >= 15 is 0 Å². The third kappa shape index (κ3) is 3.70. The summed E-state index contributed by atoms with van der Waals surface area (Å²) >= 11 is 1.50. The average Bonchev–Trinajstić information content (AvgIpc) is 3.31. The molecule has 2 aromatic carbocycles. The van der Waals surface area contributed by atoms with Crippen LogP contribution in [-0.4, -0.2) is 21.8 Å². The van der Waals surface area contributed by atoms with Crippen molar-refractivity contribution in [1.82, 2.24) is 15.3 Å². The lowest BCUT2D eigenvalue weighted by molar-refractivity contribution is -0.124. The molecule has 0 unspecified atom stereocenters. The van der Waals surface area contributed by atoms with Gasteiger partial charge in [0.15, 0.2) is 5.82 Å². The Hall–Kier alpha value is -3.75. The molecule has 3 heterocycles. The lowest BCUT2D eigenvalue weighted by Crippen LogP contribution is -2.24. The number of carbonyl (C=O) groups excluding carboxylic acids is 2. The Labute approximate surface area is 193 Å². The summed E-state index contributed by atoms with van der Waals surface area (Å²) in [4.78, 5) is 34.5. The fourth-order valence-electron chi connectivity index (χ4n) is 3.44. The van der Waals surface area contributed by atoms with Gasteiger partial charge in [0.25, 0.3) is 11.8 Å². The normalized spacial score (nSPS) is 13.3. The molecular weight excluding hydrogens is 446 g/mol. The molecular formula is C23H18ClN5O2S. The van der Waals surface area contributed by atoms with Crippen LogP contribution in [0.1, 0.15) is 6.92 Å². The Morgan fingerprint density at radius 2 is 1.66 bits per heavy atom. The molecule has 0 atom stereocenters. The summed E-state index contributed by atoms with van der Waals surface area (Å²) in [7, 11) is 0. The first-order valence-corrected chi connectivity index (χ1v) is 10.4. The fourth-order valence-corrected chi connectivity index (χ4v) is 4.38. The van der Waals surface area contributed by atoms with Crippen molar-refractivity contribution < 1.29 is 9.59 Å². The zero-order chi connectivity index (χ0) is 21.5. The summed E-state index contributed by atoms with van der Waals surface area (Å²) in [5, 5.41) is 8.23. The Kier molecular flexibility index (Phi) is 5.65. The van der Waals surface area contributed by atoms with Crippen molar-refractivity contribution >= 4 is 57.3 Å². The number of nitrogens with zero attached hydrogens (tertiary/aromatic N) is 2. The number of aromatic nitrogens is 2. The Balaban J connectivity index is 0.00000245. The van der Waals surface area contributed by atoms with Crippen LogP contribution in [0.25, 0.3) is 32.7 Å². The van der Waals surface area contributed by atoms with Crippen molar-refractivity contribution in [2.45, 2.75) is 6.92 Å². The van der Waals surface area contributed by atoms with E-state index in [2.05, 4.69) is 10.6 Å². The second-order valence-electron chi connectivity index (χ2n) is 7.12. The Bertz CT molecular complexity index is 1380. The number of nitrogens with two attached hydrogens (primary N) is 1. The van der Waals surface area contributed by atoms with Gasteiger partial charge in [0.1, 0.15) is 16.3 Å². The van der Waals surface area contributed by atoms with Crippen molar-refractivity contribution in [2.24, 2.45) is 0 Å². The molecule has 5 rings (SSSR count). The third-order valence-corrected chi connectivity index (χ3v) is 5.97. The van der Waals surface area contributed by atoms with E-state index in [-0.39, 0.29) is 18.1 Å². The van der Waals surface area contributed by atoms with Crippen molar-refractivity contribution in [2.75, 3.05) is 11.1 Å². The zero-order valence-electron chi connectivity index (χ0n) is 16.9. The van der Waals surface area contributed by atoms with Crippen LogP contribution < -0.4 is 16.4 Å². The minimum Gasteiger partial charge on any atom is -0.399 e. The predicted molar refractivity (Wildman–Crippen MR) is 129 cm³/mol. The first kappa shape index (κ1) is 21.5. The van der Waals surface area contributed by atoms with Crippen LogP contribution in [0.15, 0.2) is 71.2 Å². The number of hydrogen-bond acceptors (Lipinski definition) is 7. The fraction of sp³-hybridized carbons (Fsp3) is 0.0435. The van der Waals surface area contributed by atoms with E-state index in [0.717, 1.165) is 26.9 Å². The molecule has 0 saturated carbocycles. The highest BCUT2D eigenvalue weighted by molar-refractivity contribution is 7.17. The van der Waals surface area contributed by atoms with E-state index in [0.29, 0.717) is 22.9 Å². The lowest BCUT2D eigenvalue weighted by Gasteiger charge is -2.11. The number of nitrogen functional groups attached to an aromatic ring is 1. The zero-order valence-corrected chi connectivity index (χ0v) is 18.5.